The highest BCUT2D eigenvalue weighted by molar-refractivity contribution is 6.07. The average molecular weight is 499 g/mol. The van der Waals surface area contributed by atoms with Crippen molar-refractivity contribution < 1.29 is 22.7 Å². The van der Waals surface area contributed by atoms with Gasteiger partial charge in [0.05, 0.1) is 30.0 Å². The fourth-order valence-electron chi connectivity index (χ4n) is 4.85. The van der Waals surface area contributed by atoms with Gasteiger partial charge in [-0.15, -0.1) is 0 Å². The number of pyridine rings is 1. The first-order chi connectivity index (χ1) is 17.5. The maximum Gasteiger partial charge on any atom is 0.252 e. The molecule has 0 radical (unpaired) electrons. The summed E-state index contributed by atoms with van der Waals surface area (Å²) in [5, 5.41) is 3.25. The molecule has 1 amide bonds. The summed E-state index contributed by atoms with van der Waals surface area (Å²) < 4.78 is 49.4. The van der Waals surface area contributed by atoms with Crippen molar-refractivity contribution in [2.45, 2.75) is 19.4 Å². The van der Waals surface area contributed by atoms with E-state index < -0.39 is 17.5 Å². The monoisotopic (exact) mass is 498 g/mol. The van der Waals surface area contributed by atoms with E-state index in [0.717, 1.165) is 32.5 Å². The van der Waals surface area contributed by atoms with Crippen LogP contribution >= 0.6 is 0 Å². The highest BCUT2D eigenvalue weighted by Crippen LogP contribution is 2.29. The van der Waals surface area contributed by atoms with Gasteiger partial charge in [-0.05, 0) is 62.3 Å². The molecule has 0 saturated carbocycles. The molecule has 9 heteroatoms. The van der Waals surface area contributed by atoms with E-state index in [4.69, 9.17) is 4.74 Å². The number of carbonyl (C=O) groups is 1. The number of likely N-dealkylation sites (tertiary alicyclic amines) is 1. The SMILES string of the molecule is O=C(NCCN1CCCC1)c1cc(-c2cc(F)c(CN3CCOCC3)c(F)c2)nc2ccc(F)cc12. The van der Waals surface area contributed by atoms with Crippen molar-refractivity contribution in [1.29, 1.82) is 0 Å². The molecule has 1 aromatic heterocycles. The van der Waals surface area contributed by atoms with Gasteiger partial charge in [-0.1, -0.05) is 0 Å². The zero-order chi connectivity index (χ0) is 25.1. The molecule has 1 N–H and O–H groups in total. The van der Waals surface area contributed by atoms with Crippen LogP contribution in [0.5, 0.6) is 0 Å². The maximum absolute atomic E-state index is 15.0. The van der Waals surface area contributed by atoms with E-state index in [-0.39, 0.29) is 34.8 Å². The van der Waals surface area contributed by atoms with Crippen molar-refractivity contribution >= 4 is 16.8 Å². The van der Waals surface area contributed by atoms with Crippen LogP contribution in [0, 0.1) is 17.5 Å². The van der Waals surface area contributed by atoms with Gasteiger partial charge in [0.2, 0.25) is 0 Å². The average Bonchev–Trinajstić information content (AvgIpc) is 3.39. The minimum absolute atomic E-state index is 0.0108. The molecule has 36 heavy (non-hydrogen) atoms. The van der Waals surface area contributed by atoms with Gasteiger partial charge in [-0.2, -0.15) is 0 Å². The smallest absolute Gasteiger partial charge is 0.252 e. The molecule has 2 aliphatic heterocycles. The Labute approximate surface area is 208 Å². The van der Waals surface area contributed by atoms with Gasteiger partial charge < -0.3 is 15.0 Å². The number of rotatable bonds is 7. The number of hydrogen-bond donors (Lipinski definition) is 1. The first-order valence-electron chi connectivity index (χ1n) is 12.4. The normalized spacial score (nSPS) is 17.1. The van der Waals surface area contributed by atoms with E-state index >= 15 is 8.78 Å². The molecule has 2 aromatic carbocycles. The predicted octanol–water partition coefficient (Wildman–Crippen LogP) is 3.98. The Balaban J connectivity index is 1.43. The van der Waals surface area contributed by atoms with Gasteiger partial charge in [-0.25, -0.2) is 18.2 Å². The minimum atomic E-state index is -0.672. The summed E-state index contributed by atoms with van der Waals surface area (Å²) in [6, 6.07) is 7.93. The molecule has 2 aliphatic rings. The van der Waals surface area contributed by atoms with E-state index in [0.29, 0.717) is 43.8 Å². The Hall–Kier alpha value is -3.01. The number of halogens is 3. The lowest BCUT2D eigenvalue weighted by molar-refractivity contribution is 0.0332. The van der Waals surface area contributed by atoms with Crippen molar-refractivity contribution in [3.05, 3.63) is 65.0 Å². The number of ether oxygens (including phenoxy) is 1. The van der Waals surface area contributed by atoms with Crippen LogP contribution in [-0.4, -0.2) is 73.2 Å². The second kappa shape index (κ2) is 10.9. The fraction of sp³-hybridized carbons (Fsp3) is 0.407. The molecule has 2 fully saturated rings. The van der Waals surface area contributed by atoms with E-state index in [1.54, 1.807) is 0 Å². The van der Waals surface area contributed by atoms with Crippen LogP contribution in [0.1, 0.15) is 28.8 Å². The molecule has 6 nitrogen and oxygen atoms in total. The van der Waals surface area contributed by atoms with Crippen LogP contribution in [0.25, 0.3) is 22.2 Å². The number of fused-ring (bicyclic) bond motifs is 1. The summed E-state index contributed by atoms with van der Waals surface area (Å²) in [6.07, 6.45) is 2.31. The second-order valence-electron chi connectivity index (χ2n) is 9.33. The van der Waals surface area contributed by atoms with E-state index in [1.807, 2.05) is 4.90 Å². The van der Waals surface area contributed by atoms with E-state index in [9.17, 15) is 9.18 Å². The van der Waals surface area contributed by atoms with Crippen molar-refractivity contribution in [1.82, 2.24) is 20.1 Å². The lowest BCUT2D eigenvalue weighted by Gasteiger charge is -2.27. The highest BCUT2D eigenvalue weighted by atomic mass is 19.1. The summed E-state index contributed by atoms with van der Waals surface area (Å²) in [5.41, 5.74) is 1.04. The largest absolute Gasteiger partial charge is 0.379 e. The van der Waals surface area contributed by atoms with Crippen LogP contribution in [0.3, 0.4) is 0 Å². The van der Waals surface area contributed by atoms with Crippen LogP contribution < -0.4 is 5.32 Å². The van der Waals surface area contributed by atoms with Gasteiger partial charge in [0, 0.05) is 49.2 Å². The first-order valence-corrected chi connectivity index (χ1v) is 12.4. The quantitative estimate of drug-likeness (QED) is 0.534. The number of aromatic nitrogens is 1. The lowest BCUT2D eigenvalue weighted by atomic mass is 10.0. The van der Waals surface area contributed by atoms with Gasteiger partial charge in [0.15, 0.2) is 0 Å². The molecule has 190 valence electrons. The van der Waals surface area contributed by atoms with Gasteiger partial charge in [0.1, 0.15) is 17.5 Å². The zero-order valence-corrected chi connectivity index (χ0v) is 20.0. The van der Waals surface area contributed by atoms with E-state index in [2.05, 4.69) is 15.2 Å². The van der Waals surface area contributed by atoms with Gasteiger partial charge >= 0.3 is 0 Å². The second-order valence-corrected chi connectivity index (χ2v) is 9.33. The molecular formula is C27H29F3N4O2. The number of benzene rings is 2. The molecule has 0 spiro atoms. The summed E-state index contributed by atoms with van der Waals surface area (Å²) in [4.78, 5) is 21.8. The fourth-order valence-corrected chi connectivity index (χ4v) is 4.85. The standard InChI is InChI=1S/C27H29F3N4O2/c28-19-3-4-25-20(15-19)21(27(35)31-5-8-33-6-1-2-7-33)16-26(32-25)18-13-23(29)22(24(30)14-18)17-34-9-11-36-12-10-34/h3-4,13-16H,1-2,5-12,17H2,(H,31,35). The number of hydrogen-bond acceptors (Lipinski definition) is 5. The molecular weight excluding hydrogens is 469 g/mol. The zero-order valence-electron chi connectivity index (χ0n) is 20.0. The minimum Gasteiger partial charge on any atom is -0.379 e. The van der Waals surface area contributed by atoms with E-state index in [1.165, 1.54) is 36.4 Å². The number of nitrogens with one attached hydrogen (secondary N) is 1. The number of nitrogens with zero attached hydrogens (tertiary/aromatic N) is 3. The van der Waals surface area contributed by atoms with Crippen LogP contribution in [0.2, 0.25) is 0 Å². The summed E-state index contributed by atoms with van der Waals surface area (Å²) in [6.45, 7) is 5.65. The third-order valence-electron chi connectivity index (χ3n) is 6.85. The lowest BCUT2D eigenvalue weighted by Crippen LogP contribution is -2.36. The maximum atomic E-state index is 15.0. The highest BCUT2D eigenvalue weighted by Gasteiger charge is 2.20. The number of carbonyl (C=O) groups excluding carboxylic acids is 1. The topological polar surface area (TPSA) is 57.7 Å². The van der Waals surface area contributed by atoms with Gasteiger partial charge in [0.25, 0.3) is 5.91 Å². The van der Waals surface area contributed by atoms with Crippen molar-refractivity contribution in [3.63, 3.8) is 0 Å². The summed E-state index contributed by atoms with van der Waals surface area (Å²) in [7, 11) is 0. The van der Waals surface area contributed by atoms with Crippen LogP contribution in [-0.2, 0) is 11.3 Å². The molecule has 2 saturated heterocycles. The Morgan fingerprint density at radius 1 is 0.944 bits per heavy atom. The first kappa shape index (κ1) is 24.7. The Morgan fingerprint density at radius 2 is 1.67 bits per heavy atom. The number of amides is 1. The van der Waals surface area contributed by atoms with Gasteiger partial charge in [-0.3, -0.25) is 9.69 Å². The number of morpholine rings is 1. The molecule has 5 rings (SSSR count). The summed E-state index contributed by atoms with van der Waals surface area (Å²) >= 11 is 0. The third kappa shape index (κ3) is 5.53. The Bertz CT molecular complexity index is 1230. The van der Waals surface area contributed by atoms with Crippen molar-refractivity contribution in [2.24, 2.45) is 0 Å². The molecule has 3 aromatic rings. The third-order valence-corrected chi connectivity index (χ3v) is 6.85. The molecule has 0 unspecified atom stereocenters. The Kier molecular flexibility index (Phi) is 7.50. The summed E-state index contributed by atoms with van der Waals surface area (Å²) in [5.74, 6) is -2.21. The molecule has 0 bridgehead atoms. The molecule has 0 atom stereocenters. The molecule has 0 aliphatic carbocycles. The predicted molar refractivity (Wildman–Crippen MR) is 131 cm³/mol. The Morgan fingerprint density at radius 3 is 2.39 bits per heavy atom. The van der Waals surface area contributed by atoms with Crippen LogP contribution in [0.4, 0.5) is 13.2 Å². The molecule has 3 heterocycles. The van der Waals surface area contributed by atoms with Crippen molar-refractivity contribution in [3.8, 4) is 11.3 Å². The van der Waals surface area contributed by atoms with Crippen LogP contribution in [0.15, 0.2) is 36.4 Å². The van der Waals surface area contributed by atoms with Crippen molar-refractivity contribution in [2.75, 3.05) is 52.5 Å².